The van der Waals surface area contributed by atoms with Gasteiger partial charge in [-0.25, -0.2) is 12.8 Å². The first kappa shape index (κ1) is 15.0. The predicted molar refractivity (Wildman–Crippen MR) is 85.9 cm³/mol. The molecule has 0 saturated carbocycles. The normalized spacial score (nSPS) is 11.2. The lowest BCUT2D eigenvalue weighted by Gasteiger charge is -2.10. The van der Waals surface area contributed by atoms with Crippen molar-refractivity contribution in [3.05, 3.63) is 51.9 Å². The van der Waals surface area contributed by atoms with E-state index in [2.05, 4.69) is 10.0 Å². The molecule has 7 heteroatoms. The van der Waals surface area contributed by atoms with Crippen LogP contribution >= 0.6 is 22.6 Å². The first-order valence-electron chi connectivity index (χ1n) is 5.68. The Labute approximate surface area is 130 Å². The molecular formula is C13H12FIN2O2S. The van der Waals surface area contributed by atoms with Crippen LogP contribution in [0.3, 0.4) is 0 Å². The molecule has 0 amide bonds. The van der Waals surface area contributed by atoms with Crippen molar-refractivity contribution in [1.29, 1.82) is 0 Å². The van der Waals surface area contributed by atoms with E-state index in [9.17, 15) is 12.8 Å². The summed E-state index contributed by atoms with van der Waals surface area (Å²) in [5.41, 5.74) is 1.17. The highest BCUT2D eigenvalue weighted by molar-refractivity contribution is 14.1. The summed E-state index contributed by atoms with van der Waals surface area (Å²) in [5, 5.41) is 2.91. The zero-order valence-corrected chi connectivity index (χ0v) is 13.5. The summed E-state index contributed by atoms with van der Waals surface area (Å²) in [6.07, 6.45) is 0. The third-order valence-corrected chi connectivity index (χ3v) is 4.90. The molecule has 0 heterocycles. The second kappa shape index (κ2) is 5.96. The fraction of sp³-hybridized carbons (Fsp3) is 0.0769. The lowest BCUT2D eigenvalue weighted by molar-refractivity contribution is 0.601. The molecule has 2 aromatic carbocycles. The van der Waals surface area contributed by atoms with Crippen molar-refractivity contribution in [2.45, 2.75) is 4.90 Å². The zero-order valence-electron chi connectivity index (χ0n) is 10.5. The lowest BCUT2D eigenvalue weighted by atomic mass is 10.3. The van der Waals surface area contributed by atoms with E-state index >= 15 is 0 Å². The quantitative estimate of drug-likeness (QED) is 0.767. The minimum Gasteiger partial charge on any atom is -0.388 e. The van der Waals surface area contributed by atoms with Crippen molar-refractivity contribution in [2.75, 3.05) is 17.1 Å². The van der Waals surface area contributed by atoms with Crippen molar-refractivity contribution >= 4 is 44.0 Å². The number of hydrogen-bond acceptors (Lipinski definition) is 3. The molecule has 2 N–H and O–H groups in total. The topological polar surface area (TPSA) is 58.2 Å². The summed E-state index contributed by atoms with van der Waals surface area (Å²) in [7, 11) is -1.93. The number of rotatable bonds is 4. The van der Waals surface area contributed by atoms with E-state index in [1.54, 1.807) is 19.2 Å². The van der Waals surface area contributed by atoms with Gasteiger partial charge in [0.05, 0.1) is 10.6 Å². The van der Waals surface area contributed by atoms with Crippen LogP contribution in [0.15, 0.2) is 47.4 Å². The largest absolute Gasteiger partial charge is 0.388 e. The van der Waals surface area contributed by atoms with Crippen LogP contribution in [0.25, 0.3) is 0 Å². The van der Waals surface area contributed by atoms with Crippen LogP contribution in [-0.2, 0) is 10.0 Å². The SMILES string of the molecule is CNc1ccc(S(=O)(=O)Nc2ccc(F)cc2I)cc1. The van der Waals surface area contributed by atoms with Gasteiger partial charge in [-0.05, 0) is 65.1 Å². The second-order valence-electron chi connectivity index (χ2n) is 4.00. The minimum absolute atomic E-state index is 0.150. The summed E-state index contributed by atoms with van der Waals surface area (Å²) in [6.45, 7) is 0. The first-order valence-corrected chi connectivity index (χ1v) is 8.24. The Balaban J connectivity index is 2.30. The average molecular weight is 406 g/mol. The molecule has 106 valence electrons. The molecule has 2 aromatic rings. The molecule has 0 unspecified atom stereocenters. The Hall–Kier alpha value is -1.35. The number of benzene rings is 2. The van der Waals surface area contributed by atoms with E-state index in [-0.39, 0.29) is 4.90 Å². The van der Waals surface area contributed by atoms with E-state index in [1.807, 2.05) is 22.6 Å². The fourth-order valence-corrected chi connectivity index (χ4v) is 3.45. The van der Waals surface area contributed by atoms with E-state index in [0.29, 0.717) is 9.26 Å². The van der Waals surface area contributed by atoms with E-state index in [0.717, 1.165) is 5.69 Å². The molecule has 0 aliphatic heterocycles. The van der Waals surface area contributed by atoms with Gasteiger partial charge >= 0.3 is 0 Å². The number of hydrogen-bond donors (Lipinski definition) is 2. The highest BCUT2D eigenvalue weighted by Crippen LogP contribution is 2.23. The van der Waals surface area contributed by atoms with Crippen molar-refractivity contribution in [2.24, 2.45) is 0 Å². The van der Waals surface area contributed by atoms with Crippen molar-refractivity contribution < 1.29 is 12.8 Å². The summed E-state index contributed by atoms with van der Waals surface area (Å²) < 4.78 is 40.4. The highest BCUT2D eigenvalue weighted by atomic mass is 127. The Morgan fingerprint density at radius 1 is 1.10 bits per heavy atom. The summed E-state index contributed by atoms with van der Waals surface area (Å²) >= 11 is 1.88. The maximum atomic E-state index is 13.0. The summed E-state index contributed by atoms with van der Waals surface area (Å²) in [6, 6.07) is 10.2. The van der Waals surface area contributed by atoms with Gasteiger partial charge in [-0.15, -0.1) is 0 Å². The van der Waals surface area contributed by atoms with Gasteiger partial charge in [0.1, 0.15) is 5.82 Å². The molecule has 0 radical (unpaired) electrons. The molecule has 4 nitrogen and oxygen atoms in total. The number of sulfonamides is 1. The van der Waals surface area contributed by atoms with Crippen LogP contribution in [0.2, 0.25) is 0 Å². The van der Waals surface area contributed by atoms with Gasteiger partial charge < -0.3 is 5.32 Å². The number of halogens is 2. The minimum atomic E-state index is -3.68. The zero-order chi connectivity index (χ0) is 14.8. The Morgan fingerprint density at radius 3 is 2.30 bits per heavy atom. The van der Waals surface area contributed by atoms with Crippen LogP contribution in [0, 0.1) is 9.39 Å². The number of nitrogens with one attached hydrogen (secondary N) is 2. The van der Waals surface area contributed by atoms with E-state index in [4.69, 9.17) is 0 Å². The van der Waals surface area contributed by atoms with Crippen LogP contribution in [0.4, 0.5) is 15.8 Å². The monoisotopic (exact) mass is 406 g/mol. The van der Waals surface area contributed by atoms with Crippen LogP contribution in [0.5, 0.6) is 0 Å². The fourth-order valence-electron chi connectivity index (χ4n) is 1.58. The van der Waals surface area contributed by atoms with Gasteiger partial charge in [0.25, 0.3) is 10.0 Å². The molecule has 0 aliphatic rings. The van der Waals surface area contributed by atoms with Crippen LogP contribution in [0.1, 0.15) is 0 Å². The maximum absolute atomic E-state index is 13.0. The average Bonchev–Trinajstić information content (AvgIpc) is 2.42. The lowest BCUT2D eigenvalue weighted by Crippen LogP contribution is -2.13. The van der Waals surface area contributed by atoms with Gasteiger partial charge in [-0.3, -0.25) is 4.72 Å². The van der Waals surface area contributed by atoms with Gasteiger partial charge in [0, 0.05) is 16.3 Å². The molecule has 0 fully saturated rings. The first-order chi connectivity index (χ1) is 9.42. The van der Waals surface area contributed by atoms with Crippen molar-refractivity contribution in [3.63, 3.8) is 0 Å². The van der Waals surface area contributed by atoms with Crippen LogP contribution < -0.4 is 10.0 Å². The standard InChI is InChI=1S/C13H12FIN2O2S/c1-16-10-3-5-11(6-4-10)20(18,19)17-13-7-2-9(14)8-12(13)15/h2-8,16-17H,1H3. The molecule has 20 heavy (non-hydrogen) atoms. The number of anilines is 2. The molecule has 2 rings (SSSR count). The third-order valence-electron chi connectivity index (χ3n) is 2.63. The van der Waals surface area contributed by atoms with Gasteiger partial charge in [0.15, 0.2) is 0 Å². The molecule has 0 aromatic heterocycles. The third kappa shape index (κ3) is 3.40. The van der Waals surface area contributed by atoms with E-state index in [1.165, 1.54) is 30.3 Å². The second-order valence-corrected chi connectivity index (χ2v) is 6.85. The van der Waals surface area contributed by atoms with E-state index < -0.39 is 15.8 Å². The molecule has 0 atom stereocenters. The summed E-state index contributed by atoms with van der Waals surface area (Å²) in [5.74, 6) is -0.407. The Bertz CT molecular complexity index is 718. The smallest absolute Gasteiger partial charge is 0.261 e. The van der Waals surface area contributed by atoms with Crippen LogP contribution in [-0.4, -0.2) is 15.5 Å². The highest BCUT2D eigenvalue weighted by Gasteiger charge is 2.15. The molecule has 0 saturated heterocycles. The van der Waals surface area contributed by atoms with Gasteiger partial charge in [-0.2, -0.15) is 0 Å². The maximum Gasteiger partial charge on any atom is 0.261 e. The molecule has 0 bridgehead atoms. The molecule has 0 aliphatic carbocycles. The molecular weight excluding hydrogens is 394 g/mol. The Morgan fingerprint density at radius 2 is 1.75 bits per heavy atom. The Kier molecular flexibility index (Phi) is 4.48. The summed E-state index contributed by atoms with van der Waals surface area (Å²) in [4.78, 5) is 0.150. The predicted octanol–water partition coefficient (Wildman–Crippen LogP) is 3.27. The van der Waals surface area contributed by atoms with Gasteiger partial charge in [-0.1, -0.05) is 0 Å². The molecule has 0 spiro atoms. The van der Waals surface area contributed by atoms with Gasteiger partial charge in [0.2, 0.25) is 0 Å². The van der Waals surface area contributed by atoms with Crippen molar-refractivity contribution in [1.82, 2.24) is 0 Å². The van der Waals surface area contributed by atoms with Crippen molar-refractivity contribution in [3.8, 4) is 0 Å².